The molecular formula is C16H21NO2. The SMILES string of the molecule is CC1CN(Cc2cccc(C#CCO)c2)CCC1O. The van der Waals surface area contributed by atoms with Crippen LogP contribution < -0.4 is 0 Å². The fourth-order valence-electron chi connectivity index (χ4n) is 2.51. The summed E-state index contributed by atoms with van der Waals surface area (Å²) in [6, 6.07) is 8.12. The molecule has 19 heavy (non-hydrogen) atoms. The van der Waals surface area contributed by atoms with Crippen LogP contribution in [-0.4, -0.2) is 40.9 Å². The number of hydrogen-bond acceptors (Lipinski definition) is 3. The second kappa shape index (κ2) is 6.72. The molecule has 1 saturated heterocycles. The first kappa shape index (κ1) is 14.1. The summed E-state index contributed by atoms with van der Waals surface area (Å²) in [5.41, 5.74) is 2.17. The van der Waals surface area contributed by atoms with E-state index >= 15 is 0 Å². The Morgan fingerprint density at radius 1 is 1.42 bits per heavy atom. The Kier molecular flexibility index (Phi) is 4.98. The molecule has 2 N–H and O–H groups in total. The number of benzene rings is 1. The van der Waals surface area contributed by atoms with Crippen molar-refractivity contribution in [3.63, 3.8) is 0 Å². The van der Waals surface area contributed by atoms with E-state index in [1.165, 1.54) is 5.56 Å². The van der Waals surface area contributed by atoms with Gasteiger partial charge < -0.3 is 10.2 Å². The first-order valence-electron chi connectivity index (χ1n) is 6.78. The van der Waals surface area contributed by atoms with Gasteiger partial charge in [-0.3, -0.25) is 4.90 Å². The smallest absolute Gasteiger partial charge is 0.104 e. The first-order valence-corrected chi connectivity index (χ1v) is 6.78. The Morgan fingerprint density at radius 3 is 3.00 bits per heavy atom. The molecule has 1 heterocycles. The lowest BCUT2D eigenvalue weighted by Gasteiger charge is -2.34. The van der Waals surface area contributed by atoms with Crippen LogP contribution >= 0.6 is 0 Å². The van der Waals surface area contributed by atoms with E-state index in [0.717, 1.165) is 31.6 Å². The molecule has 0 aliphatic carbocycles. The molecule has 3 nitrogen and oxygen atoms in total. The van der Waals surface area contributed by atoms with Gasteiger partial charge in [0.1, 0.15) is 6.61 Å². The van der Waals surface area contributed by atoms with Crippen LogP contribution in [0.3, 0.4) is 0 Å². The van der Waals surface area contributed by atoms with Gasteiger partial charge in [0.2, 0.25) is 0 Å². The fourth-order valence-corrected chi connectivity index (χ4v) is 2.51. The van der Waals surface area contributed by atoms with Crippen LogP contribution in [0.1, 0.15) is 24.5 Å². The number of piperidine rings is 1. The van der Waals surface area contributed by atoms with Gasteiger partial charge in [0.25, 0.3) is 0 Å². The third-order valence-corrected chi connectivity index (χ3v) is 3.59. The number of hydrogen-bond donors (Lipinski definition) is 2. The predicted molar refractivity (Wildman–Crippen MR) is 75.5 cm³/mol. The van der Waals surface area contributed by atoms with Gasteiger partial charge in [-0.15, -0.1) is 0 Å². The molecule has 3 heteroatoms. The fraction of sp³-hybridized carbons (Fsp3) is 0.500. The van der Waals surface area contributed by atoms with Crippen LogP contribution in [0.5, 0.6) is 0 Å². The summed E-state index contributed by atoms with van der Waals surface area (Å²) in [4.78, 5) is 2.37. The molecule has 1 aromatic rings. The van der Waals surface area contributed by atoms with E-state index in [4.69, 9.17) is 5.11 Å². The molecule has 0 amide bonds. The average Bonchev–Trinajstić information content (AvgIpc) is 2.41. The van der Waals surface area contributed by atoms with Gasteiger partial charge in [0.15, 0.2) is 0 Å². The third kappa shape index (κ3) is 4.07. The van der Waals surface area contributed by atoms with Crippen LogP contribution in [0.25, 0.3) is 0 Å². The number of rotatable bonds is 2. The Hall–Kier alpha value is -1.34. The zero-order valence-corrected chi connectivity index (χ0v) is 11.3. The highest BCUT2D eigenvalue weighted by Crippen LogP contribution is 2.18. The Bertz CT molecular complexity index is 475. The van der Waals surface area contributed by atoms with Crippen LogP contribution in [0.15, 0.2) is 24.3 Å². The molecule has 0 bridgehead atoms. The monoisotopic (exact) mass is 259 g/mol. The number of nitrogens with zero attached hydrogens (tertiary/aromatic N) is 1. The van der Waals surface area contributed by atoms with Crippen molar-refractivity contribution in [2.45, 2.75) is 26.0 Å². The summed E-state index contributed by atoms with van der Waals surface area (Å²) in [6.07, 6.45) is 0.698. The summed E-state index contributed by atoms with van der Waals surface area (Å²) in [7, 11) is 0. The van der Waals surface area contributed by atoms with E-state index in [0.29, 0.717) is 5.92 Å². The van der Waals surface area contributed by atoms with Crippen molar-refractivity contribution in [1.82, 2.24) is 4.90 Å². The zero-order chi connectivity index (χ0) is 13.7. The van der Waals surface area contributed by atoms with Crippen molar-refractivity contribution in [3.05, 3.63) is 35.4 Å². The number of aliphatic hydroxyl groups is 2. The highest BCUT2D eigenvalue weighted by atomic mass is 16.3. The van der Waals surface area contributed by atoms with Crippen molar-refractivity contribution < 1.29 is 10.2 Å². The molecule has 0 saturated carbocycles. The molecular weight excluding hydrogens is 238 g/mol. The van der Waals surface area contributed by atoms with Gasteiger partial charge in [-0.1, -0.05) is 30.9 Å². The maximum Gasteiger partial charge on any atom is 0.104 e. The van der Waals surface area contributed by atoms with Crippen molar-refractivity contribution in [2.75, 3.05) is 19.7 Å². The molecule has 1 aliphatic heterocycles. The van der Waals surface area contributed by atoms with E-state index in [1.54, 1.807) is 0 Å². The molecule has 2 unspecified atom stereocenters. The van der Waals surface area contributed by atoms with Crippen LogP contribution in [0, 0.1) is 17.8 Å². The Morgan fingerprint density at radius 2 is 2.26 bits per heavy atom. The molecule has 102 valence electrons. The van der Waals surface area contributed by atoms with Crippen LogP contribution in [-0.2, 0) is 6.54 Å². The van der Waals surface area contributed by atoms with E-state index < -0.39 is 0 Å². The number of likely N-dealkylation sites (tertiary alicyclic amines) is 1. The van der Waals surface area contributed by atoms with E-state index in [1.807, 2.05) is 12.1 Å². The standard InChI is InChI=1S/C16H21NO2/c1-13-11-17(8-7-16(13)19)12-15-5-2-4-14(10-15)6-3-9-18/h2,4-5,10,13,16,18-19H,7-9,11-12H2,1H3. The average molecular weight is 259 g/mol. The minimum absolute atomic E-state index is 0.105. The maximum absolute atomic E-state index is 9.73. The van der Waals surface area contributed by atoms with Gasteiger partial charge in [0, 0.05) is 25.2 Å². The Balaban J connectivity index is 1.99. The van der Waals surface area contributed by atoms with Crippen LogP contribution in [0.4, 0.5) is 0 Å². The lowest BCUT2D eigenvalue weighted by atomic mass is 9.96. The zero-order valence-electron chi connectivity index (χ0n) is 11.3. The van der Waals surface area contributed by atoms with Crippen molar-refractivity contribution >= 4 is 0 Å². The molecule has 1 aliphatic rings. The molecule has 0 radical (unpaired) electrons. The summed E-state index contributed by atoms with van der Waals surface area (Å²) in [6.45, 7) is 4.77. The molecule has 2 atom stereocenters. The third-order valence-electron chi connectivity index (χ3n) is 3.59. The lowest BCUT2D eigenvalue weighted by molar-refractivity contribution is 0.0320. The molecule has 0 aromatic heterocycles. The minimum Gasteiger partial charge on any atom is -0.393 e. The second-order valence-electron chi connectivity index (χ2n) is 5.23. The van der Waals surface area contributed by atoms with Crippen LogP contribution in [0.2, 0.25) is 0 Å². The van der Waals surface area contributed by atoms with E-state index in [-0.39, 0.29) is 12.7 Å². The normalized spacial score (nSPS) is 23.7. The largest absolute Gasteiger partial charge is 0.393 e. The van der Waals surface area contributed by atoms with Gasteiger partial charge in [-0.25, -0.2) is 0 Å². The van der Waals surface area contributed by atoms with E-state index in [2.05, 4.69) is 35.8 Å². The lowest BCUT2D eigenvalue weighted by Crippen LogP contribution is -2.41. The quantitative estimate of drug-likeness (QED) is 0.785. The van der Waals surface area contributed by atoms with Gasteiger partial charge in [-0.2, -0.15) is 0 Å². The Labute approximate surface area is 114 Å². The summed E-state index contributed by atoms with van der Waals surface area (Å²) < 4.78 is 0. The van der Waals surface area contributed by atoms with Gasteiger partial charge in [0.05, 0.1) is 6.10 Å². The van der Waals surface area contributed by atoms with Gasteiger partial charge >= 0.3 is 0 Å². The minimum atomic E-state index is -0.155. The highest BCUT2D eigenvalue weighted by Gasteiger charge is 2.23. The molecule has 2 rings (SSSR count). The van der Waals surface area contributed by atoms with Crippen molar-refractivity contribution in [3.8, 4) is 11.8 Å². The number of aliphatic hydroxyl groups excluding tert-OH is 2. The molecule has 1 fully saturated rings. The van der Waals surface area contributed by atoms with Crippen molar-refractivity contribution in [1.29, 1.82) is 0 Å². The summed E-state index contributed by atoms with van der Waals surface area (Å²) in [5.74, 6) is 5.94. The topological polar surface area (TPSA) is 43.7 Å². The maximum atomic E-state index is 9.73. The first-order chi connectivity index (χ1) is 9.19. The summed E-state index contributed by atoms with van der Waals surface area (Å²) in [5, 5.41) is 18.4. The molecule has 1 aromatic carbocycles. The summed E-state index contributed by atoms with van der Waals surface area (Å²) >= 11 is 0. The van der Waals surface area contributed by atoms with E-state index in [9.17, 15) is 5.11 Å². The second-order valence-corrected chi connectivity index (χ2v) is 5.23. The van der Waals surface area contributed by atoms with Gasteiger partial charge in [-0.05, 0) is 30.0 Å². The van der Waals surface area contributed by atoms with Crippen molar-refractivity contribution in [2.24, 2.45) is 5.92 Å². The molecule has 0 spiro atoms. The highest BCUT2D eigenvalue weighted by molar-refractivity contribution is 5.37. The predicted octanol–water partition coefficient (Wildman–Crippen LogP) is 1.23.